The van der Waals surface area contributed by atoms with Gasteiger partial charge in [-0.25, -0.2) is 0 Å². The summed E-state index contributed by atoms with van der Waals surface area (Å²) in [6.45, 7) is 0.717. The monoisotopic (exact) mass is 222 g/mol. The van der Waals surface area contributed by atoms with Crippen LogP contribution >= 0.6 is 23.6 Å². The van der Waals surface area contributed by atoms with E-state index in [1.165, 1.54) is 15.0 Å². The summed E-state index contributed by atoms with van der Waals surface area (Å²) in [5.41, 5.74) is 5.36. The normalized spacial score (nSPS) is 10.3. The first kappa shape index (κ1) is 9.43. The van der Waals surface area contributed by atoms with E-state index in [-0.39, 0.29) is 0 Å². The van der Waals surface area contributed by atoms with Crippen LogP contribution in [0.15, 0.2) is 30.3 Å². The van der Waals surface area contributed by atoms with Gasteiger partial charge in [0.15, 0.2) is 5.11 Å². The molecule has 0 aliphatic heterocycles. The zero-order valence-corrected chi connectivity index (χ0v) is 9.12. The van der Waals surface area contributed by atoms with Crippen molar-refractivity contribution in [3.05, 3.63) is 35.2 Å². The van der Waals surface area contributed by atoms with Crippen LogP contribution in [0.2, 0.25) is 0 Å². The topological polar surface area (TPSA) is 38.0 Å². The second-order valence-electron chi connectivity index (χ2n) is 2.97. The summed E-state index contributed by atoms with van der Waals surface area (Å²) in [5, 5.41) is 4.57. The van der Waals surface area contributed by atoms with Gasteiger partial charge in [0, 0.05) is 9.58 Å². The molecule has 0 saturated carbocycles. The minimum atomic E-state index is 0.349. The highest BCUT2D eigenvalue weighted by Crippen LogP contribution is 2.24. The molecule has 1 aromatic carbocycles. The number of nitrogens with two attached hydrogens (primary N) is 1. The number of hydrogen-bond donors (Lipinski definition) is 2. The van der Waals surface area contributed by atoms with Crippen molar-refractivity contribution in [1.29, 1.82) is 0 Å². The Balaban J connectivity index is 2.22. The number of thiophene rings is 1. The van der Waals surface area contributed by atoms with Crippen LogP contribution in [0.3, 0.4) is 0 Å². The molecular formula is C10H10N2S2. The van der Waals surface area contributed by atoms with E-state index >= 15 is 0 Å². The number of fused-ring (bicyclic) bond motifs is 1. The molecule has 1 heterocycles. The lowest BCUT2D eigenvalue weighted by Gasteiger charge is -1.98. The molecule has 3 N–H and O–H groups in total. The van der Waals surface area contributed by atoms with Crippen molar-refractivity contribution in [2.45, 2.75) is 6.54 Å². The minimum absolute atomic E-state index is 0.349. The van der Waals surface area contributed by atoms with Crippen LogP contribution < -0.4 is 11.1 Å². The first-order valence-corrected chi connectivity index (χ1v) is 5.49. The maximum atomic E-state index is 5.36. The lowest BCUT2D eigenvalue weighted by molar-refractivity contribution is 0.941. The Morgan fingerprint density at radius 1 is 1.43 bits per heavy atom. The Hall–Kier alpha value is -1.13. The molecule has 0 spiro atoms. The fraction of sp³-hybridized carbons (Fsp3) is 0.100. The van der Waals surface area contributed by atoms with Crippen LogP contribution in [-0.2, 0) is 6.54 Å². The number of rotatable bonds is 2. The van der Waals surface area contributed by atoms with Crippen molar-refractivity contribution >= 4 is 38.8 Å². The van der Waals surface area contributed by atoms with Crippen LogP contribution in [0.1, 0.15) is 4.88 Å². The molecule has 0 amide bonds. The summed E-state index contributed by atoms with van der Waals surface area (Å²) in [7, 11) is 0. The van der Waals surface area contributed by atoms with Crippen LogP contribution in [0, 0.1) is 0 Å². The van der Waals surface area contributed by atoms with Crippen molar-refractivity contribution in [3.8, 4) is 0 Å². The molecule has 2 aromatic rings. The Morgan fingerprint density at radius 2 is 2.21 bits per heavy atom. The largest absolute Gasteiger partial charge is 0.376 e. The number of nitrogens with one attached hydrogen (secondary N) is 1. The summed E-state index contributed by atoms with van der Waals surface area (Å²) in [4.78, 5) is 1.25. The van der Waals surface area contributed by atoms with Crippen LogP contribution in [0.4, 0.5) is 0 Å². The Bertz CT molecular complexity index is 429. The van der Waals surface area contributed by atoms with Gasteiger partial charge < -0.3 is 11.1 Å². The second kappa shape index (κ2) is 3.94. The molecule has 0 saturated heterocycles. The maximum absolute atomic E-state index is 5.36. The minimum Gasteiger partial charge on any atom is -0.376 e. The van der Waals surface area contributed by atoms with Crippen LogP contribution in [0.5, 0.6) is 0 Å². The van der Waals surface area contributed by atoms with E-state index in [0.717, 1.165) is 0 Å². The molecule has 0 fully saturated rings. The van der Waals surface area contributed by atoms with E-state index < -0.39 is 0 Å². The van der Waals surface area contributed by atoms with Gasteiger partial charge in [0.1, 0.15) is 0 Å². The van der Waals surface area contributed by atoms with Crippen molar-refractivity contribution in [1.82, 2.24) is 5.32 Å². The molecule has 0 atom stereocenters. The van der Waals surface area contributed by atoms with E-state index in [9.17, 15) is 0 Å². The summed E-state index contributed by atoms with van der Waals surface area (Å²) in [6.07, 6.45) is 0. The summed E-state index contributed by atoms with van der Waals surface area (Å²) < 4.78 is 1.30. The van der Waals surface area contributed by atoms with E-state index in [4.69, 9.17) is 18.0 Å². The van der Waals surface area contributed by atoms with Gasteiger partial charge in [0.25, 0.3) is 0 Å². The summed E-state index contributed by atoms with van der Waals surface area (Å²) >= 11 is 6.51. The second-order valence-corrected chi connectivity index (χ2v) is 4.58. The molecule has 0 aliphatic rings. The predicted octanol–water partition coefficient (Wildman–Crippen LogP) is 2.23. The van der Waals surface area contributed by atoms with Crippen molar-refractivity contribution in [3.63, 3.8) is 0 Å². The van der Waals surface area contributed by atoms with Gasteiger partial charge in [-0.05, 0) is 29.7 Å². The molecule has 0 aliphatic carbocycles. The quantitative estimate of drug-likeness (QED) is 0.765. The van der Waals surface area contributed by atoms with Gasteiger partial charge in [-0.3, -0.25) is 0 Å². The van der Waals surface area contributed by atoms with Gasteiger partial charge in [-0.15, -0.1) is 11.3 Å². The number of benzene rings is 1. The fourth-order valence-corrected chi connectivity index (χ4v) is 2.37. The van der Waals surface area contributed by atoms with E-state index in [1.807, 2.05) is 12.1 Å². The zero-order valence-electron chi connectivity index (χ0n) is 7.49. The highest BCUT2D eigenvalue weighted by molar-refractivity contribution is 7.80. The van der Waals surface area contributed by atoms with Crippen molar-refractivity contribution < 1.29 is 0 Å². The molecule has 14 heavy (non-hydrogen) atoms. The molecule has 2 nitrogen and oxygen atoms in total. The summed E-state index contributed by atoms with van der Waals surface area (Å²) in [5.74, 6) is 0. The Kier molecular flexibility index (Phi) is 2.65. The number of thiocarbonyl (C=S) groups is 1. The van der Waals surface area contributed by atoms with E-state index in [0.29, 0.717) is 11.7 Å². The SMILES string of the molecule is NC(=S)NCc1cc2ccccc2s1. The third kappa shape index (κ3) is 2.02. The van der Waals surface area contributed by atoms with E-state index in [2.05, 4.69) is 23.5 Å². The molecule has 0 unspecified atom stereocenters. The Morgan fingerprint density at radius 3 is 2.93 bits per heavy atom. The third-order valence-electron chi connectivity index (χ3n) is 1.91. The van der Waals surface area contributed by atoms with Gasteiger partial charge in [0.2, 0.25) is 0 Å². The lowest BCUT2D eigenvalue weighted by Crippen LogP contribution is -2.27. The molecule has 72 valence electrons. The highest BCUT2D eigenvalue weighted by atomic mass is 32.1. The van der Waals surface area contributed by atoms with Gasteiger partial charge >= 0.3 is 0 Å². The molecular weight excluding hydrogens is 212 g/mol. The van der Waals surface area contributed by atoms with Crippen LogP contribution in [0.25, 0.3) is 10.1 Å². The first-order chi connectivity index (χ1) is 6.75. The standard InChI is InChI=1S/C10H10N2S2/c11-10(13)12-6-8-5-7-3-1-2-4-9(7)14-8/h1-5H,6H2,(H3,11,12,13). The average molecular weight is 222 g/mol. The fourth-order valence-electron chi connectivity index (χ4n) is 1.30. The van der Waals surface area contributed by atoms with Crippen molar-refractivity contribution in [2.24, 2.45) is 5.73 Å². The average Bonchev–Trinajstić information content (AvgIpc) is 2.57. The van der Waals surface area contributed by atoms with E-state index in [1.54, 1.807) is 11.3 Å². The maximum Gasteiger partial charge on any atom is 0.163 e. The molecule has 0 bridgehead atoms. The highest BCUT2D eigenvalue weighted by Gasteiger charge is 2.00. The Labute approximate surface area is 91.7 Å². The first-order valence-electron chi connectivity index (χ1n) is 4.26. The molecule has 4 heteroatoms. The van der Waals surface area contributed by atoms with Crippen LogP contribution in [-0.4, -0.2) is 5.11 Å². The zero-order chi connectivity index (χ0) is 9.97. The molecule has 2 rings (SSSR count). The lowest BCUT2D eigenvalue weighted by atomic mass is 10.2. The molecule has 1 aromatic heterocycles. The van der Waals surface area contributed by atoms with Gasteiger partial charge in [-0.1, -0.05) is 18.2 Å². The predicted molar refractivity (Wildman–Crippen MR) is 65.5 cm³/mol. The van der Waals surface area contributed by atoms with Gasteiger partial charge in [-0.2, -0.15) is 0 Å². The summed E-state index contributed by atoms with van der Waals surface area (Å²) in [6, 6.07) is 10.5. The van der Waals surface area contributed by atoms with Gasteiger partial charge in [0.05, 0.1) is 6.54 Å². The van der Waals surface area contributed by atoms with Crippen molar-refractivity contribution in [2.75, 3.05) is 0 Å². The smallest absolute Gasteiger partial charge is 0.163 e. The number of hydrogen-bond acceptors (Lipinski definition) is 2. The third-order valence-corrected chi connectivity index (χ3v) is 3.17. The molecule has 0 radical (unpaired) electrons.